The number of aromatic nitrogens is 3. The number of nitrogens with one attached hydrogen (secondary N) is 1. The van der Waals surface area contributed by atoms with Gasteiger partial charge in [-0.15, -0.1) is 11.8 Å². The normalized spacial score (nSPS) is 11.4. The summed E-state index contributed by atoms with van der Waals surface area (Å²) in [4.78, 5) is 17.0. The van der Waals surface area contributed by atoms with Gasteiger partial charge in [-0.3, -0.25) is 4.79 Å². The molecule has 5 nitrogen and oxygen atoms in total. The molecule has 0 aliphatic rings. The number of nitrogens with zero attached hydrogens (tertiary/aromatic N) is 3. The lowest BCUT2D eigenvalue weighted by molar-refractivity contribution is -0.137. The summed E-state index contributed by atoms with van der Waals surface area (Å²) >= 11 is 1.30. The molecule has 9 heteroatoms. The van der Waals surface area contributed by atoms with Crippen LogP contribution >= 0.6 is 11.8 Å². The molecule has 0 radical (unpaired) electrons. The summed E-state index contributed by atoms with van der Waals surface area (Å²) in [5.41, 5.74) is 0.567. The van der Waals surface area contributed by atoms with Crippen molar-refractivity contribution < 1.29 is 18.0 Å². The highest BCUT2D eigenvalue weighted by molar-refractivity contribution is 8.00. The predicted molar refractivity (Wildman–Crippen MR) is 96.9 cm³/mol. The zero-order valence-electron chi connectivity index (χ0n) is 14.2. The Hall–Kier alpha value is -2.81. The van der Waals surface area contributed by atoms with Crippen LogP contribution in [0.1, 0.15) is 11.1 Å². The number of carbonyl (C=O) groups is 1. The number of rotatable bonds is 5. The fourth-order valence-electron chi connectivity index (χ4n) is 2.31. The average Bonchev–Trinajstić information content (AvgIpc) is 3.15. The molecule has 0 bridgehead atoms. The van der Waals surface area contributed by atoms with Crippen LogP contribution in [0.15, 0.2) is 60.0 Å². The zero-order chi connectivity index (χ0) is 19.4. The Balaban J connectivity index is 1.79. The molecule has 0 aliphatic carbocycles. The molecule has 0 spiro atoms. The topological polar surface area (TPSA) is 59.8 Å². The maximum absolute atomic E-state index is 13.0. The Morgan fingerprint density at radius 1 is 1.19 bits per heavy atom. The number of thioether (sulfide) groups is 1. The van der Waals surface area contributed by atoms with E-state index in [0.717, 1.165) is 22.6 Å². The largest absolute Gasteiger partial charge is 0.416 e. The quantitative estimate of drug-likeness (QED) is 0.657. The zero-order valence-corrected chi connectivity index (χ0v) is 15.0. The molecular formula is C18H15F3N4OS. The fourth-order valence-corrected chi connectivity index (χ4v) is 3.01. The Morgan fingerprint density at radius 2 is 1.93 bits per heavy atom. The van der Waals surface area contributed by atoms with Crippen LogP contribution in [0.2, 0.25) is 0 Å². The summed E-state index contributed by atoms with van der Waals surface area (Å²) in [6, 6.07) is 10.7. The fraction of sp³-hybridized carbons (Fsp3) is 0.167. The van der Waals surface area contributed by atoms with Crippen LogP contribution < -0.4 is 5.32 Å². The van der Waals surface area contributed by atoms with E-state index in [4.69, 9.17) is 0 Å². The smallest absolute Gasteiger partial charge is 0.323 e. The van der Waals surface area contributed by atoms with Crippen LogP contribution in [0, 0.1) is 6.92 Å². The van der Waals surface area contributed by atoms with Crippen molar-refractivity contribution in [2.24, 2.45) is 0 Å². The van der Waals surface area contributed by atoms with Crippen molar-refractivity contribution >= 4 is 23.4 Å². The van der Waals surface area contributed by atoms with Crippen molar-refractivity contribution in [1.82, 2.24) is 14.8 Å². The van der Waals surface area contributed by atoms with Crippen LogP contribution in [0.3, 0.4) is 0 Å². The van der Waals surface area contributed by atoms with E-state index in [-0.39, 0.29) is 11.4 Å². The number of benzene rings is 2. The molecule has 0 saturated carbocycles. The second kappa shape index (κ2) is 7.83. The Morgan fingerprint density at radius 3 is 2.56 bits per heavy atom. The van der Waals surface area contributed by atoms with Gasteiger partial charge in [0.2, 0.25) is 5.91 Å². The molecule has 0 saturated heterocycles. The first-order valence-electron chi connectivity index (χ1n) is 7.88. The molecule has 1 amide bonds. The minimum atomic E-state index is -4.52. The number of anilines is 1. The summed E-state index contributed by atoms with van der Waals surface area (Å²) in [7, 11) is 0. The number of hydrogen-bond acceptors (Lipinski definition) is 4. The maximum atomic E-state index is 13.0. The molecule has 1 N–H and O–H groups in total. The van der Waals surface area contributed by atoms with Crippen LogP contribution in [0.25, 0.3) is 5.69 Å². The lowest BCUT2D eigenvalue weighted by atomic mass is 10.1. The Labute approximate surface area is 157 Å². The van der Waals surface area contributed by atoms with Crippen LogP contribution in [0.4, 0.5) is 18.9 Å². The molecule has 140 valence electrons. The maximum Gasteiger partial charge on any atom is 0.416 e. The molecule has 0 aliphatic heterocycles. The van der Waals surface area contributed by atoms with Gasteiger partial charge in [0, 0.05) is 4.90 Å². The highest BCUT2D eigenvalue weighted by atomic mass is 32.2. The van der Waals surface area contributed by atoms with Crippen molar-refractivity contribution in [3.8, 4) is 5.69 Å². The standard InChI is InChI=1S/C18H15F3N4OS/c1-12-2-5-14(6-3-12)27-9-17(26)24-15-8-13(18(19,20)21)4-7-16(15)25-11-22-10-23-25/h2-8,10-11H,9H2,1H3,(H,24,26). The van der Waals surface area contributed by atoms with Crippen molar-refractivity contribution in [2.45, 2.75) is 18.0 Å². The summed E-state index contributed by atoms with van der Waals surface area (Å²) < 4.78 is 40.4. The van der Waals surface area contributed by atoms with Gasteiger partial charge in [-0.25, -0.2) is 9.67 Å². The van der Waals surface area contributed by atoms with E-state index in [2.05, 4.69) is 15.4 Å². The number of alkyl halides is 3. The minimum absolute atomic E-state index is 0.0184. The summed E-state index contributed by atoms with van der Waals surface area (Å²) in [6.45, 7) is 1.96. The van der Waals surface area contributed by atoms with Gasteiger partial charge in [-0.1, -0.05) is 17.7 Å². The molecule has 2 aromatic carbocycles. The highest BCUT2D eigenvalue weighted by Crippen LogP contribution is 2.33. The van der Waals surface area contributed by atoms with Gasteiger partial charge in [0.25, 0.3) is 0 Å². The van der Waals surface area contributed by atoms with Crippen molar-refractivity contribution in [1.29, 1.82) is 0 Å². The second-order valence-electron chi connectivity index (χ2n) is 5.72. The van der Waals surface area contributed by atoms with E-state index in [9.17, 15) is 18.0 Å². The van der Waals surface area contributed by atoms with Crippen LogP contribution in [-0.2, 0) is 11.0 Å². The molecule has 0 unspecified atom stereocenters. The van der Waals surface area contributed by atoms with E-state index in [0.29, 0.717) is 5.69 Å². The first kappa shape index (κ1) is 19.0. The van der Waals surface area contributed by atoms with Crippen LogP contribution in [-0.4, -0.2) is 26.4 Å². The molecule has 3 rings (SSSR count). The van der Waals surface area contributed by atoms with E-state index in [1.165, 1.54) is 35.2 Å². The van der Waals surface area contributed by atoms with Gasteiger partial charge in [-0.2, -0.15) is 18.3 Å². The SMILES string of the molecule is Cc1ccc(SCC(=O)Nc2cc(C(F)(F)F)ccc2-n2cncn2)cc1. The number of hydrogen-bond donors (Lipinski definition) is 1. The third-order valence-electron chi connectivity index (χ3n) is 3.65. The van der Waals surface area contributed by atoms with Gasteiger partial charge in [0.15, 0.2) is 0 Å². The van der Waals surface area contributed by atoms with Crippen molar-refractivity contribution in [3.05, 3.63) is 66.2 Å². The Kier molecular flexibility index (Phi) is 5.50. The number of amides is 1. The summed E-state index contributed by atoms with van der Waals surface area (Å²) in [6.07, 6.45) is -1.91. The van der Waals surface area contributed by atoms with Gasteiger partial charge >= 0.3 is 6.18 Å². The van der Waals surface area contributed by atoms with Gasteiger partial charge in [0.1, 0.15) is 12.7 Å². The third-order valence-corrected chi connectivity index (χ3v) is 4.67. The average molecular weight is 392 g/mol. The summed E-state index contributed by atoms with van der Waals surface area (Å²) in [5.74, 6) is -0.350. The molecule has 0 atom stereocenters. The minimum Gasteiger partial charge on any atom is -0.323 e. The van der Waals surface area contributed by atoms with Crippen LogP contribution in [0.5, 0.6) is 0 Å². The molecular weight excluding hydrogens is 377 g/mol. The van der Waals surface area contributed by atoms with Crippen molar-refractivity contribution in [3.63, 3.8) is 0 Å². The molecule has 0 fully saturated rings. The predicted octanol–water partition coefficient (Wildman–Crippen LogP) is 4.33. The van der Waals surface area contributed by atoms with Gasteiger partial charge < -0.3 is 5.32 Å². The molecule has 27 heavy (non-hydrogen) atoms. The number of aryl methyl sites for hydroxylation is 1. The van der Waals surface area contributed by atoms with E-state index >= 15 is 0 Å². The van der Waals surface area contributed by atoms with E-state index < -0.39 is 17.6 Å². The van der Waals surface area contributed by atoms with Gasteiger partial charge in [-0.05, 0) is 37.3 Å². The number of halogens is 3. The Bertz CT molecular complexity index is 925. The third kappa shape index (κ3) is 4.88. The molecule has 3 aromatic rings. The first-order chi connectivity index (χ1) is 12.8. The summed E-state index contributed by atoms with van der Waals surface area (Å²) in [5, 5.41) is 6.46. The van der Waals surface area contributed by atoms with E-state index in [1.54, 1.807) is 0 Å². The second-order valence-corrected chi connectivity index (χ2v) is 6.77. The van der Waals surface area contributed by atoms with E-state index in [1.807, 2.05) is 31.2 Å². The lowest BCUT2D eigenvalue weighted by Gasteiger charge is -2.14. The highest BCUT2D eigenvalue weighted by Gasteiger charge is 2.31. The van der Waals surface area contributed by atoms with Crippen molar-refractivity contribution in [2.75, 3.05) is 11.1 Å². The van der Waals surface area contributed by atoms with Gasteiger partial charge in [0.05, 0.1) is 22.7 Å². The monoisotopic (exact) mass is 392 g/mol. The number of carbonyl (C=O) groups excluding carboxylic acids is 1. The molecule has 1 aromatic heterocycles. The molecule has 1 heterocycles. The first-order valence-corrected chi connectivity index (χ1v) is 8.87. The lowest BCUT2D eigenvalue weighted by Crippen LogP contribution is -2.17.